The zero-order valence-electron chi connectivity index (χ0n) is 13.7. The summed E-state index contributed by atoms with van der Waals surface area (Å²) in [5.41, 5.74) is 4.46. The van der Waals surface area contributed by atoms with Crippen LogP contribution in [0.4, 0.5) is 0 Å². The minimum Gasteiger partial charge on any atom is -0.497 e. The molecular formula is C18H18N4O3. The van der Waals surface area contributed by atoms with Crippen LogP contribution < -0.4 is 15.5 Å². The molecule has 128 valence electrons. The van der Waals surface area contributed by atoms with Crippen LogP contribution in [0.1, 0.15) is 30.0 Å². The molecular weight excluding hydrogens is 320 g/mol. The summed E-state index contributed by atoms with van der Waals surface area (Å²) >= 11 is 0. The number of rotatable bonds is 5. The Hall–Kier alpha value is -3.22. The third-order valence-corrected chi connectivity index (χ3v) is 3.93. The van der Waals surface area contributed by atoms with Crippen LogP contribution in [-0.2, 0) is 9.59 Å². The molecule has 3 rings (SSSR count). The van der Waals surface area contributed by atoms with Crippen LogP contribution in [0, 0.1) is 0 Å². The van der Waals surface area contributed by atoms with Gasteiger partial charge in [0, 0.05) is 25.2 Å². The van der Waals surface area contributed by atoms with E-state index < -0.39 is 0 Å². The summed E-state index contributed by atoms with van der Waals surface area (Å²) in [4.78, 5) is 27.8. The number of ether oxygens (including phenoxy) is 1. The molecule has 1 aliphatic heterocycles. The van der Waals surface area contributed by atoms with Crippen molar-refractivity contribution in [1.29, 1.82) is 0 Å². The van der Waals surface area contributed by atoms with Crippen molar-refractivity contribution in [3.63, 3.8) is 0 Å². The molecule has 0 aliphatic carbocycles. The molecule has 1 aromatic carbocycles. The van der Waals surface area contributed by atoms with E-state index in [2.05, 4.69) is 20.8 Å². The predicted octanol–water partition coefficient (Wildman–Crippen LogP) is 1.56. The fraction of sp³-hybridized carbons (Fsp3) is 0.222. The van der Waals surface area contributed by atoms with Gasteiger partial charge in [-0.15, -0.1) is 0 Å². The Labute approximate surface area is 145 Å². The number of methoxy groups -OCH3 is 1. The average molecular weight is 338 g/mol. The molecule has 0 radical (unpaired) electrons. The lowest BCUT2D eigenvalue weighted by atomic mass is 9.99. The minimum absolute atomic E-state index is 0.183. The van der Waals surface area contributed by atoms with Gasteiger partial charge in [-0.2, -0.15) is 5.10 Å². The van der Waals surface area contributed by atoms with E-state index in [9.17, 15) is 9.59 Å². The molecule has 2 aromatic rings. The Kier molecular flexibility index (Phi) is 5.03. The Morgan fingerprint density at radius 3 is 2.40 bits per heavy atom. The van der Waals surface area contributed by atoms with Gasteiger partial charge in [0.25, 0.3) is 5.91 Å². The first-order valence-corrected chi connectivity index (χ1v) is 7.87. The van der Waals surface area contributed by atoms with Crippen LogP contribution in [0.5, 0.6) is 5.75 Å². The lowest BCUT2D eigenvalue weighted by Gasteiger charge is -2.21. The van der Waals surface area contributed by atoms with Gasteiger partial charge < -0.3 is 10.1 Å². The first kappa shape index (κ1) is 16.6. The highest BCUT2D eigenvalue weighted by Gasteiger charge is 2.23. The largest absolute Gasteiger partial charge is 0.497 e. The summed E-state index contributed by atoms with van der Waals surface area (Å²) in [7, 11) is 1.60. The molecule has 2 amide bonds. The second-order valence-corrected chi connectivity index (χ2v) is 5.55. The third-order valence-electron chi connectivity index (χ3n) is 3.93. The zero-order chi connectivity index (χ0) is 17.6. The van der Waals surface area contributed by atoms with Gasteiger partial charge in [0.15, 0.2) is 0 Å². The molecule has 0 saturated heterocycles. The molecule has 1 aromatic heterocycles. The van der Waals surface area contributed by atoms with E-state index >= 15 is 0 Å². The van der Waals surface area contributed by atoms with E-state index in [1.165, 1.54) is 0 Å². The maximum atomic E-state index is 12.6. The van der Waals surface area contributed by atoms with Crippen LogP contribution in [-0.4, -0.2) is 29.6 Å². The number of pyridine rings is 1. The quantitative estimate of drug-likeness (QED) is 0.865. The molecule has 2 heterocycles. The SMILES string of the molecule is COc1ccc([C@@H](NC(=O)C2=NNC(=O)CC2)c2ccncc2)cc1. The molecule has 0 bridgehead atoms. The number of benzene rings is 1. The lowest BCUT2D eigenvalue weighted by Crippen LogP contribution is -2.39. The monoisotopic (exact) mass is 338 g/mol. The van der Waals surface area contributed by atoms with E-state index in [0.29, 0.717) is 12.1 Å². The second-order valence-electron chi connectivity index (χ2n) is 5.55. The summed E-state index contributed by atoms with van der Waals surface area (Å²) in [5.74, 6) is 0.248. The first-order chi connectivity index (χ1) is 12.2. The smallest absolute Gasteiger partial charge is 0.268 e. The first-order valence-electron chi connectivity index (χ1n) is 7.87. The number of amides is 2. The molecule has 7 nitrogen and oxygen atoms in total. The highest BCUT2D eigenvalue weighted by molar-refractivity contribution is 6.39. The Bertz CT molecular complexity index is 788. The molecule has 0 saturated carbocycles. The van der Waals surface area contributed by atoms with Crippen LogP contribution >= 0.6 is 0 Å². The number of carbonyl (C=O) groups is 2. The maximum Gasteiger partial charge on any atom is 0.268 e. The Balaban J connectivity index is 1.86. The summed E-state index contributed by atoms with van der Waals surface area (Å²) in [6, 6.07) is 10.8. The van der Waals surface area contributed by atoms with E-state index in [4.69, 9.17) is 4.74 Å². The normalized spacial score (nSPS) is 14.9. The number of hydrogen-bond acceptors (Lipinski definition) is 5. The van der Waals surface area contributed by atoms with Gasteiger partial charge in [0.1, 0.15) is 11.5 Å². The fourth-order valence-corrected chi connectivity index (χ4v) is 2.56. The third kappa shape index (κ3) is 4.00. The highest BCUT2D eigenvalue weighted by Crippen LogP contribution is 2.24. The van der Waals surface area contributed by atoms with Crippen molar-refractivity contribution in [2.24, 2.45) is 5.10 Å². The predicted molar refractivity (Wildman–Crippen MR) is 92.0 cm³/mol. The van der Waals surface area contributed by atoms with Gasteiger partial charge in [0.2, 0.25) is 5.91 Å². The summed E-state index contributed by atoms with van der Waals surface area (Å²) in [6.07, 6.45) is 3.94. The van der Waals surface area contributed by atoms with Crippen molar-refractivity contribution in [3.05, 3.63) is 59.9 Å². The van der Waals surface area contributed by atoms with E-state index in [0.717, 1.165) is 16.9 Å². The van der Waals surface area contributed by atoms with Gasteiger partial charge in [-0.05, 0) is 35.4 Å². The number of nitrogens with one attached hydrogen (secondary N) is 2. The summed E-state index contributed by atoms with van der Waals surface area (Å²) in [5, 5.41) is 6.83. The van der Waals surface area contributed by atoms with Crippen molar-refractivity contribution in [3.8, 4) is 5.75 Å². The fourth-order valence-electron chi connectivity index (χ4n) is 2.56. The van der Waals surface area contributed by atoms with Crippen LogP contribution in [0.25, 0.3) is 0 Å². The van der Waals surface area contributed by atoms with Gasteiger partial charge in [0.05, 0.1) is 13.2 Å². The standard InChI is InChI=1S/C18H18N4O3/c1-25-14-4-2-12(3-5-14)17(13-8-10-19-11-9-13)20-18(24)15-6-7-16(23)22-21-15/h2-5,8-11,17H,6-7H2,1H3,(H,20,24)(H,22,23)/t17-/m1/s1. The molecule has 25 heavy (non-hydrogen) atoms. The summed E-state index contributed by atoms with van der Waals surface area (Å²) < 4.78 is 5.18. The van der Waals surface area contributed by atoms with Crippen molar-refractivity contribution >= 4 is 17.5 Å². The Morgan fingerprint density at radius 1 is 1.12 bits per heavy atom. The molecule has 7 heteroatoms. The number of nitrogens with zero attached hydrogens (tertiary/aromatic N) is 2. The van der Waals surface area contributed by atoms with E-state index in [-0.39, 0.29) is 24.3 Å². The average Bonchev–Trinajstić information content (AvgIpc) is 2.67. The van der Waals surface area contributed by atoms with Crippen LogP contribution in [0.15, 0.2) is 53.9 Å². The van der Waals surface area contributed by atoms with Gasteiger partial charge in [-0.25, -0.2) is 5.43 Å². The molecule has 1 aliphatic rings. The van der Waals surface area contributed by atoms with E-state index in [1.54, 1.807) is 19.5 Å². The number of aromatic nitrogens is 1. The lowest BCUT2D eigenvalue weighted by molar-refractivity contribution is -0.121. The zero-order valence-corrected chi connectivity index (χ0v) is 13.7. The topological polar surface area (TPSA) is 92.7 Å². The molecule has 0 spiro atoms. The van der Waals surface area contributed by atoms with Crippen molar-refractivity contribution in [1.82, 2.24) is 15.7 Å². The van der Waals surface area contributed by atoms with Crippen LogP contribution in [0.3, 0.4) is 0 Å². The highest BCUT2D eigenvalue weighted by atomic mass is 16.5. The molecule has 1 atom stereocenters. The number of hydrogen-bond donors (Lipinski definition) is 2. The van der Waals surface area contributed by atoms with E-state index in [1.807, 2.05) is 36.4 Å². The van der Waals surface area contributed by atoms with Crippen molar-refractivity contribution in [2.75, 3.05) is 7.11 Å². The number of hydrazone groups is 1. The van der Waals surface area contributed by atoms with Crippen LogP contribution in [0.2, 0.25) is 0 Å². The Morgan fingerprint density at radius 2 is 1.80 bits per heavy atom. The van der Waals surface area contributed by atoms with Gasteiger partial charge >= 0.3 is 0 Å². The molecule has 0 fully saturated rings. The maximum absolute atomic E-state index is 12.6. The van der Waals surface area contributed by atoms with Gasteiger partial charge in [-0.3, -0.25) is 14.6 Å². The van der Waals surface area contributed by atoms with Crippen molar-refractivity contribution < 1.29 is 14.3 Å². The van der Waals surface area contributed by atoms with Crippen molar-refractivity contribution in [2.45, 2.75) is 18.9 Å². The second kappa shape index (κ2) is 7.57. The summed E-state index contributed by atoms with van der Waals surface area (Å²) in [6.45, 7) is 0. The molecule has 0 unspecified atom stereocenters. The minimum atomic E-state index is -0.360. The number of carbonyl (C=O) groups excluding carboxylic acids is 2. The van der Waals surface area contributed by atoms with Gasteiger partial charge in [-0.1, -0.05) is 12.1 Å². The molecule has 2 N–H and O–H groups in total.